The highest BCUT2D eigenvalue weighted by Crippen LogP contribution is 2.42. The Morgan fingerprint density at radius 3 is 2.06 bits per heavy atom. The maximum absolute atomic E-state index is 13.7. The van der Waals surface area contributed by atoms with Crippen molar-refractivity contribution in [1.29, 1.82) is 0 Å². The number of hydrogen-bond donors (Lipinski definition) is 0. The van der Waals surface area contributed by atoms with Gasteiger partial charge in [0.1, 0.15) is 0 Å². The van der Waals surface area contributed by atoms with E-state index in [1.165, 1.54) is 37.3 Å². The molecule has 2 saturated heterocycles. The van der Waals surface area contributed by atoms with Crippen molar-refractivity contribution in [2.45, 2.75) is 96.8 Å². The van der Waals surface area contributed by atoms with Crippen LogP contribution in [0.1, 0.15) is 102 Å². The zero-order valence-electron chi connectivity index (χ0n) is 22.4. The summed E-state index contributed by atoms with van der Waals surface area (Å²) in [6, 6.07) is 10.9. The van der Waals surface area contributed by atoms with Crippen molar-refractivity contribution in [3.63, 3.8) is 0 Å². The second kappa shape index (κ2) is 13.8. The first-order valence-electron chi connectivity index (χ1n) is 14.3. The molecular weight excluding hydrogens is 432 g/mol. The lowest BCUT2D eigenvalue weighted by Gasteiger charge is -2.47. The van der Waals surface area contributed by atoms with E-state index in [-0.39, 0.29) is 11.8 Å². The van der Waals surface area contributed by atoms with Crippen LogP contribution in [-0.2, 0) is 9.59 Å². The molecule has 194 valence electrons. The molecule has 0 saturated carbocycles. The molecule has 1 aromatic carbocycles. The second-order valence-electron chi connectivity index (χ2n) is 11.0. The topological polar surface area (TPSA) is 40.6 Å². The highest BCUT2D eigenvalue weighted by molar-refractivity contribution is 5.87. The number of likely N-dealkylation sites (tertiary alicyclic amines) is 2. The van der Waals surface area contributed by atoms with Crippen molar-refractivity contribution >= 4 is 11.8 Å². The molecule has 2 amide bonds. The van der Waals surface area contributed by atoms with E-state index >= 15 is 0 Å². The summed E-state index contributed by atoms with van der Waals surface area (Å²) in [5.74, 6) is 1.17. The van der Waals surface area contributed by atoms with E-state index in [0.717, 1.165) is 77.5 Å². The Hall–Kier alpha value is -2.10. The fourth-order valence-corrected chi connectivity index (χ4v) is 6.28. The van der Waals surface area contributed by atoms with Crippen LogP contribution >= 0.6 is 0 Å². The van der Waals surface area contributed by atoms with Gasteiger partial charge in [-0.15, -0.1) is 0 Å². The Kier molecular flexibility index (Phi) is 10.9. The van der Waals surface area contributed by atoms with Gasteiger partial charge in [0.2, 0.25) is 11.8 Å². The van der Waals surface area contributed by atoms with Gasteiger partial charge in [-0.3, -0.25) is 9.59 Å². The van der Waals surface area contributed by atoms with Crippen molar-refractivity contribution in [3.8, 4) is 0 Å². The van der Waals surface area contributed by atoms with Gasteiger partial charge in [0.25, 0.3) is 0 Å². The first kappa shape index (κ1) is 27.5. The van der Waals surface area contributed by atoms with Gasteiger partial charge >= 0.3 is 0 Å². The van der Waals surface area contributed by atoms with Gasteiger partial charge in [-0.1, -0.05) is 76.4 Å². The van der Waals surface area contributed by atoms with Crippen LogP contribution in [0.2, 0.25) is 0 Å². The quantitative estimate of drug-likeness (QED) is 0.239. The Bertz CT molecular complexity index is 787. The Morgan fingerprint density at radius 2 is 1.49 bits per heavy atom. The van der Waals surface area contributed by atoms with E-state index in [4.69, 9.17) is 0 Å². The largest absolute Gasteiger partial charge is 0.342 e. The average Bonchev–Trinajstić information content (AvgIpc) is 2.90. The molecule has 2 heterocycles. The SMILES string of the molecule is C=CC(=O)N1CCC2(CC1)CCN(C(=O)C(CCCCC)CCC(CCC)c1ccccc1)CC2. The van der Waals surface area contributed by atoms with Gasteiger partial charge in [-0.25, -0.2) is 0 Å². The highest BCUT2D eigenvalue weighted by atomic mass is 16.2. The summed E-state index contributed by atoms with van der Waals surface area (Å²) in [7, 11) is 0. The number of benzene rings is 1. The number of carbonyl (C=O) groups excluding carboxylic acids is 2. The van der Waals surface area contributed by atoms with Crippen molar-refractivity contribution in [1.82, 2.24) is 9.80 Å². The molecule has 2 aliphatic heterocycles. The molecule has 1 spiro atoms. The van der Waals surface area contributed by atoms with E-state index in [9.17, 15) is 9.59 Å². The van der Waals surface area contributed by atoms with Crippen molar-refractivity contribution in [3.05, 3.63) is 48.6 Å². The molecule has 0 bridgehead atoms. The number of amides is 2. The fourth-order valence-electron chi connectivity index (χ4n) is 6.28. The van der Waals surface area contributed by atoms with E-state index in [1.54, 1.807) is 0 Å². The Morgan fingerprint density at radius 1 is 0.857 bits per heavy atom. The summed E-state index contributed by atoms with van der Waals surface area (Å²) < 4.78 is 0. The minimum atomic E-state index is 0.0549. The second-order valence-corrected chi connectivity index (χ2v) is 11.0. The Balaban J connectivity index is 1.57. The lowest BCUT2D eigenvalue weighted by Crippen LogP contribution is -2.50. The van der Waals surface area contributed by atoms with Crippen LogP contribution in [0.15, 0.2) is 43.0 Å². The van der Waals surface area contributed by atoms with Crippen molar-refractivity contribution in [2.75, 3.05) is 26.2 Å². The lowest BCUT2D eigenvalue weighted by molar-refractivity contribution is -0.139. The third-order valence-electron chi connectivity index (χ3n) is 8.72. The summed E-state index contributed by atoms with van der Waals surface area (Å²) in [4.78, 5) is 29.8. The number of hydrogen-bond acceptors (Lipinski definition) is 2. The third-order valence-corrected chi connectivity index (χ3v) is 8.72. The molecule has 35 heavy (non-hydrogen) atoms. The first-order chi connectivity index (χ1) is 17.0. The smallest absolute Gasteiger partial charge is 0.245 e. The van der Waals surface area contributed by atoms with Crippen molar-refractivity contribution in [2.24, 2.45) is 11.3 Å². The van der Waals surface area contributed by atoms with E-state index in [2.05, 4.69) is 55.7 Å². The van der Waals surface area contributed by atoms with E-state index in [0.29, 0.717) is 17.2 Å². The lowest BCUT2D eigenvalue weighted by atomic mass is 9.71. The van der Waals surface area contributed by atoms with Gasteiger partial charge in [-0.05, 0) is 74.3 Å². The van der Waals surface area contributed by atoms with Crippen LogP contribution in [-0.4, -0.2) is 47.8 Å². The highest BCUT2D eigenvalue weighted by Gasteiger charge is 2.40. The molecule has 4 heteroatoms. The summed E-state index contributed by atoms with van der Waals surface area (Å²) >= 11 is 0. The molecule has 4 nitrogen and oxygen atoms in total. The molecule has 0 aliphatic carbocycles. The van der Waals surface area contributed by atoms with Gasteiger partial charge in [0.15, 0.2) is 0 Å². The van der Waals surface area contributed by atoms with Crippen LogP contribution < -0.4 is 0 Å². The van der Waals surface area contributed by atoms with Crippen LogP contribution in [0, 0.1) is 11.3 Å². The predicted molar refractivity (Wildman–Crippen MR) is 145 cm³/mol. The van der Waals surface area contributed by atoms with Crippen LogP contribution in [0.4, 0.5) is 0 Å². The molecule has 0 aromatic heterocycles. The zero-order chi connectivity index (χ0) is 25.1. The summed E-state index contributed by atoms with van der Waals surface area (Å²) in [5.41, 5.74) is 1.74. The number of carbonyl (C=O) groups is 2. The van der Waals surface area contributed by atoms with Gasteiger partial charge < -0.3 is 9.80 Å². The minimum Gasteiger partial charge on any atom is -0.342 e. The normalized spacial score (nSPS) is 19.4. The zero-order valence-corrected chi connectivity index (χ0v) is 22.4. The van der Waals surface area contributed by atoms with Crippen LogP contribution in [0.5, 0.6) is 0 Å². The average molecular weight is 481 g/mol. The molecule has 3 rings (SSSR count). The summed E-state index contributed by atoms with van der Waals surface area (Å²) in [5, 5.41) is 0. The number of unbranched alkanes of at least 4 members (excludes halogenated alkanes) is 2. The minimum absolute atomic E-state index is 0.0549. The maximum atomic E-state index is 13.7. The molecule has 1 aromatic rings. The number of nitrogens with zero attached hydrogens (tertiary/aromatic N) is 2. The predicted octanol–water partition coefficient (Wildman–Crippen LogP) is 6.96. The number of piperidine rings is 2. The van der Waals surface area contributed by atoms with Gasteiger partial charge in [0, 0.05) is 32.1 Å². The van der Waals surface area contributed by atoms with Gasteiger partial charge in [0.05, 0.1) is 0 Å². The molecule has 2 aliphatic rings. The fraction of sp³-hybridized carbons (Fsp3) is 0.677. The van der Waals surface area contributed by atoms with Crippen molar-refractivity contribution < 1.29 is 9.59 Å². The standard InChI is InChI=1S/C31H48N2O2/c1-4-7-9-15-28(17-16-26(12-5-2)27-13-10-8-11-14-27)30(35)33-24-20-31(21-25-33)18-22-32(23-19-31)29(34)6-3/h6,8,10-11,13-14,26,28H,3-5,7,9,12,15-25H2,1-2H3. The Labute approximate surface area is 214 Å². The molecule has 2 fully saturated rings. The van der Waals surface area contributed by atoms with Gasteiger partial charge in [-0.2, -0.15) is 0 Å². The third kappa shape index (κ3) is 7.69. The first-order valence-corrected chi connectivity index (χ1v) is 14.3. The summed E-state index contributed by atoms with van der Waals surface area (Å²) in [6.45, 7) is 11.6. The monoisotopic (exact) mass is 480 g/mol. The molecule has 0 N–H and O–H groups in total. The maximum Gasteiger partial charge on any atom is 0.245 e. The van der Waals surface area contributed by atoms with Crippen LogP contribution in [0.3, 0.4) is 0 Å². The molecule has 2 unspecified atom stereocenters. The molecule has 2 atom stereocenters. The van der Waals surface area contributed by atoms with Crippen LogP contribution in [0.25, 0.3) is 0 Å². The number of rotatable bonds is 12. The van der Waals surface area contributed by atoms with E-state index in [1.807, 2.05) is 4.90 Å². The summed E-state index contributed by atoms with van der Waals surface area (Å²) in [6.07, 6.45) is 14.8. The molecular formula is C31H48N2O2. The van der Waals surface area contributed by atoms with E-state index < -0.39 is 0 Å². The molecule has 0 radical (unpaired) electrons.